The van der Waals surface area contributed by atoms with Crippen LogP contribution in [0.2, 0.25) is 0 Å². The molecule has 1 N–H and O–H groups in total. The average molecular weight is 393 g/mol. The van der Waals surface area contributed by atoms with Crippen LogP contribution in [0.5, 0.6) is 0 Å². The van der Waals surface area contributed by atoms with Crippen molar-refractivity contribution in [3.8, 4) is 0 Å². The second kappa shape index (κ2) is 4.86. The zero-order valence-electron chi connectivity index (χ0n) is 6.47. The van der Waals surface area contributed by atoms with Gasteiger partial charge in [-0.1, -0.05) is 43.2 Å². The highest BCUT2D eigenvalue weighted by Crippen LogP contribution is 2.38. The summed E-state index contributed by atoms with van der Waals surface area (Å²) in [5.74, 6) is -0.117. The normalized spacial score (nSPS) is 10.5. The Kier molecular flexibility index (Phi) is 4.34. The molecule has 1 heterocycles. The molecule has 13 heavy (non-hydrogen) atoms. The van der Waals surface area contributed by atoms with Gasteiger partial charge >= 0.3 is 0 Å². The van der Waals surface area contributed by atoms with E-state index in [9.17, 15) is 4.79 Å². The predicted molar refractivity (Wildman–Crippen MR) is 64.7 cm³/mol. The summed E-state index contributed by atoms with van der Waals surface area (Å²) < 4.78 is 0.892. The number of nitrogens with zero attached hydrogens (tertiary/aromatic N) is 1. The molecule has 0 unspecified atom stereocenters. The number of thiazole rings is 1. The first-order valence-corrected chi connectivity index (χ1v) is 6.66. The third-order valence-electron chi connectivity index (χ3n) is 1.10. The van der Waals surface area contributed by atoms with Gasteiger partial charge in [0, 0.05) is 6.92 Å². The molecule has 7 heteroatoms. The Morgan fingerprint density at radius 2 is 2.23 bits per heavy atom. The van der Waals surface area contributed by atoms with Crippen molar-refractivity contribution in [2.75, 3.05) is 5.32 Å². The van der Waals surface area contributed by atoms with Crippen molar-refractivity contribution >= 4 is 70.2 Å². The summed E-state index contributed by atoms with van der Waals surface area (Å²) in [6.07, 6.45) is 0. The molecule has 0 aliphatic heterocycles. The molecule has 1 aromatic heterocycles. The summed E-state index contributed by atoms with van der Waals surface area (Å²) in [4.78, 5) is 14.9. The molecule has 0 fully saturated rings. The number of aromatic nitrogens is 1. The van der Waals surface area contributed by atoms with Crippen molar-refractivity contribution in [1.82, 2.24) is 4.98 Å². The van der Waals surface area contributed by atoms with E-state index >= 15 is 0 Å². The molecular weight excluding hydrogens is 388 g/mol. The van der Waals surface area contributed by atoms with E-state index in [1.54, 1.807) is 0 Å². The SMILES string of the molecule is CC(=O)Nc1nc(C(Br)Br)c(Br)s1. The van der Waals surface area contributed by atoms with Crippen LogP contribution in [0.4, 0.5) is 5.13 Å². The second-order valence-electron chi connectivity index (χ2n) is 2.16. The van der Waals surface area contributed by atoms with Gasteiger partial charge < -0.3 is 5.32 Å². The van der Waals surface area contributed by atoms with E-state index in [1.807, 2.05) is 0 Å². The van der Waals surface area contributed by atoms with Crippen LogP contribution in [0.1, 0.15) is 16.4 Å². The number of halogens is 3. The number of hydrogen-bond acceptors (Lipinski definition) is 3. The van der Waals surface area contributed by atoms with Gasteiger partial charge in [-0.05, 0) is 15.9 Å². The van der Waals surface area contributed by atoms with Crippen molar-refractivity contribution in [2.45, 2.75) is 10.7 Å². The molecule has 0 radical (unpaired) electrons. The molecule has 0 spiro atoms. The second-order valence-corrected chi connectivity index (χ2v) is 7.54. The topological polar surface area (TPSA) is 42.0 Å². The number of rotatable bonds is 2. The van der Waals surface area contributed by atoms with Crippen molar-refractivity contribution in [1.29, 1.82) is 0 Å². The highest BCUT2D eigenvalue weighted by atomic mass is 79.9. The van der Waals surface area contributed by atoms with Crippen molar-refractivity contribution in [3.63, 3.8) is 0 Å². The molecule has 0 aliphatic rings. The van der Waals surface area contributed by atoms with E-state index in [1.165, 1.54) is 18.3 Å². The van der Waals surface area contributed by atoms with E-state index in [-0.39, 0.29) is 9.64 Å². The van der Waals surface area contributed by atoms with Crippen molar-refractivity contribution < 1.29 is 4.79 Å². The summed E-state index contributed by atoms with van der Waals surface area (Å²) >= 11 is 11.4. The molecule has 0 atom stereocenters. The van der Waals surface area contributed by atoms with Crippen molar-refractivity contribution in [2.24, 2.45) is 0 Å². The van der Waals surface area contributed by atoms with Gasteiger partial charge in [0.1, 0.15) is 3.74 Å². The fraction of sp³-hybridized carbons (Fsp3) is 0.333. The van der Waals surface area contributed by atoms with E-state index in [4.69, 9.17) is 0 Å². The number of carbonyl (C=O) groups is 1. The highest BCUT2D eigenvalue weighted by molar-refractivity contribution is 9.24. The Labute approximate surface area is 105 Å². The molecule has 0 saturated carbocycles. The maximum Gasteiger partial charge on any atom is 0.223 e. The number of alkyl halides is 2. The van der Waals surface area contributed by atoms with Gasteiger partial charge in [0.15, 0.2) is 5.13 Å². The Morgan fingerprint density at radius 1 is 1.62 bits per heavy atom. The lowest BCUT2D eigenvalue weighted by Gasteiger charge is -1.95. The highest BCUT2D eigenvalue weighted by Gasteiger charge is 2.14. The first kappa shape index (κ1) is 11.6. The largest absolute Gasteiger partial charge is 0.302 e. The molecule has 3 nitrogen and oxygen atoms in total. The van der Waals surface area contributed by atoms with Gasteiger partial charge in [-0.3, -0.25) is 4.79 Å². The van der Waals surface area contributed by atoms with Gasteiger partial charge in [0.2, 0.25) is 5.91 Å². The monoisotopic (exact) mass is 390 g/mol. The fourth-order valence-corrected chi connectivity index (χ4v) is 3.79. The predicted octanol–water partition coefficient (Wildman–Crippen LogP) is 3.65. The number of nitrogens with one attached hydrogen (secondary N) is 1. The Hall–Kier alpha value is 0.540. The third kappa shape index (κ3) is 3.30. The maximum absolute atomic E-state index is 10.7. The van der Waals surface area contributed by atoms with E-state index in [0.29, 0.717) is 5.13 Å². The third-order valence-corrected chi connectivity index (χ3v) is 3.63. The lowest BCUT2D eigenvalue weighted by Crippen LogP contribution is -2.05. The van der Waals surface area contributed by atoms with E-state index in [0.717, 1.165) is 9.48 Å². The number of hydrogen-bond donors (Lipinski definition) is 1. The number of amides is 1. The smallest absolute Gasteiger partial charge is 0.223 e. The first-order valence-electron chi connectivity index (χ1n) is 3.22. The maximum atomic E-state index is 10.7. The molecule has 0 aliphatic carbocycles. The van der Waals surface area contributed by atoms with Gasteiger partial charge in [-0.15, -0.1) is 0 Å². The summed E-state index contributed by atoms with van der Waals surface area (Å²) in [5.41, 5.74) is 0.828. The van der Waals surface area contributed by atoms with Gasteiger partial charge in [0.05, 0.1) is 9.48 Å². The minimum Gasteiger partial charge on any atom is -0.302 e. The van der Waals surface area contributed by atoms with E-state index < -0.39 is 0 Å². The minimum absolute atomic E-state index is 0.00636. The van der Waals surface area contributed by atoms with Crippen LogP contribution in [0.3, 0.4) is 0 Å². The average Bonchev–Trinajstić information content (AvgIpc) is 2.29. The number of carbonyl (C=O) groups excluding carboxylic acids is 1. The summed E-state index contributed by atoms with van der Waals surface area (Å²) in [5, 5.41) is 3.21. The Bertz CT molecular complexity index is 326. The van der Waals surface area contributed by atoms with Crippen molar-refractivity contribution in [3.05, 3.63) is 9.48 Å². The van der Waals surface area contributed by atoms with Gasteiger partial charge in [0.25, 0.3) is 0 Å². The molecule has 1 rings (SSSR count). The minimum atomic E-state index is -0.117. The van der Waals surface area contributed by atoms with Crippen LogP contribution < -0.4 is 5.32 Å². The molecular formula is C6H5Br3N2OS. The Balaban J connectivity index is 2.88. The summed E-state index contributed by atoms with van der Waals surface area (Å²) in [6, 6.07) is 0. The Morgan fingerprint density at radius 3 is 2.62 bits per heavy atom. The summed E-state index contributed by atoms with van der Waals surface area (Å²) in [7, 11) is 0. The number of anilines is 1. The molecule has 0 saturated heterocycles. The lowest BCUT2D eigenvalue weighted by atomic mass is 10.6. The molecule has 1 amide bonds. The van der Waals surface area contributed by atoms with Crippen LogP contribution in [0.15, 0.2) is 3.79 Å². The van der Waals surface area contributed by atoms with Crippen LogP contribution in [-0.2, 0) is 4.79 Å². The first-order chi connectivity index (χ1) is 6.00. The molecule has 0 aromatic carbocycles. The molecule has 0 bridgehead atoms. The van der Waals surface area contributed by atoms with Crippen LogP contribution in [-0.4, -0.2) is 10.9 Å². The standard InChI is InChI=1S/C6H5Br3N2OS/c1-2(12)10-6-11-3(4(7)8)5(9)13-6/h4H,1H3,(H,10,11,12). The molecule has 72 valence electrons. The lowest BCUT2D eigenvalue weighted by molar-refractivity contribution is -0.114. The zero-order chi connectivity index (χ0) is 10.0. The van der Waals surface area contributed by atoms with E-state index in [2.05, 4.69) is 58.1 Å². The van der Waals surface area contributed by atoms with Gasteiger partial charge in [-0.25, -0.2) is 4.98 Å². The van der Waals surface area contributed by atoms with Crippen LogP contribution >= 0.6 is 59.1 Å². The summed E-state index contributed by atoms with van der Waals surface area (Å²) in [6.45, 7) is 1.45. The van der Waals surface area contributed by atoms with Crippen LogP contribution in [0.25, 0.3) is 0 Å². The fourth-order valence-electron chi connectivity index (χ4n) is 0.652. The quantitative estimate of drug-likeness (QED) is 0.780. The van der Waals surface area contributed by atoms with Gasteiger partial charge in [-0.2, -0.15) is 0 Å². The molecule has 1 aromatic rings. The van der Waals surface area contributed by atoms with Crippen LogP contribution in [0, 0.1) is 0 Å². The zero-order valence-corrected chi connectivity index (χ0v) is 12.0.